The third-order valence-electron chi connectivity index (χ3n) is 6.27. The zero-order valence-corrected chi connectivity index (χ0v) is 21.7. The smallest absolute Gasteiger partial charge is 0.338 e. The van der Waals surface area contributed by atoms with Crippen LogP contribution in [0.15, 0.2) is 27.9 Å². The molecule has 1 N–H and O–H groups in total. The first-order valence-electron chi connectivity index (χ1n) is 11.9. The zero-order valence-electron chi connectivity index (χ0n) is 20.1. The fraction of sp³-hybridized carbons (Fsp3) is 0.583. The Labute approximate surface area is 208 Å². The van der Waals surface area contributed by atoms with Gasteiger partial charge in [0.25, 0.3) is 0 Å². The largest absolute Gasteiger partial charge is 0.493 e. The number of nitrogens with zero attached hydrogens (tertiary/aromatic N) is 4. The summed E-state index contributed by atoms with van der Waals surface area (Å²) in [5, 5.41) is 15.2. The molecule has 0 amide bonds. The minimum absolute atomic E-state index is 0.0597. The van der Waals surface area contributed by atoms with E-state index in [4.69, 9.17) is 14.2 Å². The number of esters is 1. The topological polar surface area (TPSA) is 100 Å². The molecule has 1 aliphatic carbocycles. The van der Waals surface area contributed by atoms with Gasteiger partial charge in [0.2, 0.25) is 5.95 Å². The van der Waals surface area contributed by atoms with Crippen LogP contribution in [0.4, 0.5) is 5.95 Å². The Bertz CT molecular complexity index is 1060. The molecule has 10 heteroatoms. The van der Waals surface area contributed by atoms with E-state index in [0.717, 1.165) is 42.1 Å². The molecular formula is C24H32BrN5O4. The number of anilines is 1. The maximum Gasteiger partial charge on any atom is 0.338 e. The predicted molar refractivity (Wildman–Crippen MR) is 131 cm³/mol. The molecule has 0 spiro atoms. The van der Waals surface area contributed by atoms with Gasteiger partial charge in [0.15, 0.2) is 11.5 Å². The highest BCUT2D eigenvalue weighted by molar-refractivity contribution is 9.10. The van der Waals surface area contributed by atoms with E-state index in [2.05, 4.69) is 50.6 Å². The fourth-order valence-electron chi connectivity index (χ4n) is 4.42. The number of hydrogen-bond donors (Lipinski definition) is 1. The van der Waals surface area contributed by atoms with Gasteiger partial charge < -0.3 is 19.5 Å². The molecule has 2 aliphatic rings. The van der Waals surface area contributed by atoms with Gasteiger partial charge in [0, 0.05) is 5.70 Å². The number of benzene rings is 1. The molecule has 1 atom stereocenters. The highest BCUT2D eigenvalue weighted by Gasteiger charge is 2.37. The Morgan fingerprint density at radius 1 is 1.26 bits per heavy atom. The quantitative estimate of drug-likeness (QED) is 0.471. The summed E-state index contributed by atoms with van der Waals surface area (Å²) in [6.45, 7) is 6.73. The van der Waals surface area contributed by atoms with Crippen molar-refractivity contribution in [3.8, 4) is 11.5 Å². The lowest BCUT2D eigenvalue weighted by Gasteiger charge is -2.30. The predicted octanol–water partition coefficient (Wildman–Crippen LogP) is 5.03. The molecule has 34 heavy (non-hydrogen) atoms. The van der Waals surface area contributed by atoms with Crippen molar-refractivity contribution in [3.63, 3.8) is 0 Å². The highest BCUT2D eigenvalue weighted by atomic mass is 79.9. The first kappa shape index (κ1) is 24.5. The number of nitrogens with one attached hydrogen (secondary N) is 1. The standard InChI is InChI=1S/C24H32BrN5O4/c1-14(2)10-11-33-22-18(25)12-16(13-19(22)32-4)21-20(15(3)26-24-27-28-29-30(21)24)23(31)34-17-8-6-5-7-9-17/h12-14,17,21H,5-11H2,1-4H3,(H,26,27,29). The van der Waals surface area contributed by atoms with Gasteiger partial charge in [-0.25, -0.2) is 4.79 Å². The number of tetrazole rings is 1. The lowest BCUT2D eigenvalue weighted by Crippen LogP contribution is -2.32. The fourth-order valence-corrected chi connectivity index (χ4v) is 4.99. The monoisotopic (exact) mass is 533 g/mol. The molecule has 0 saturated heterocycles. The van der Waals surface area contributed by atoms with Gasteiger partial charge in [0.05, 0.1) is 23.8 Å². The van der Waals surface area contributed by atoms with Crippen LogP contribution in [-0.4, -0.2) is 46.0 Å². The number of carbonyl (C=O) groups excluding carboxylic acids is 1. The van der Waals surface area contributed by atoms with E-state index >= 15 is 0 Å². The molecule has 9 nitrogen and oxygen atoms in total. The maximum absolute atomic E-state index is 13.4. The second-order valence-electron chi connectivity index (χ2n) is 9.24. The molecule has 4 rings (SSSR count). The van der Waals surface area contributed by atoms with Crippen LogP contribution in [0.25, 0.3) is 0 Å². The molecule has 1 aromatic carbocycles. The van der Waals surface area contributed by atoms with Crippen LogP contribution in [0.2, 0.25) is 0 Å². The number of hydrogen-bond acceptors (Lipinski definition) is 8. The zero-order chi connectivity index (χ0) is 24.2. The van der Waals surface area contributed by atoms with Crippen molar-refractivity contribution >= 4 is 27.8 Å². The molecule has 1 fully saturated rings. The molecule has 1 aliphatic heterocycles. The van der Waals surface area contributed by atoms with Crippen LogP contribution in [0.5, 0.6) is 11.5 Å². The van der Waals surface area contributed by atoms with E-state index in [-0.39, 0.29) is 12.1 Å². The minimum atomic E-state index is -0.572. The van der Waals surface area contributed by atoms with Crippen LogP contribution in [-0.2, 0) is 9.53 Å². The van der Waals surface area contributed by atoms with Crippen molar-refractivity contribution in [2.24, 2.45) is 5.92 Å². The van der Waals surface area contributed by atoms with E-state index in [1.54, 1.807) is 11.8 Å². The SMILES string of the molecule is COc1cc(C2C(C(=O)OC3CCCCC3)=C(C)Nc3nnnn32)cc(Br)c1OCCC(C)C. The van der Waals surface area contributed by atoms with Gasteiger partial charge in [0.1, 0.15) is 12.1 Å². The Morgan fingerprint density at radius 2 is 2.03 bits per heavy atom. The number of rotatable bonds is 8. The Balaban J connectivity index is 1.69. The van der Waals surface area contributed by atoms with Crippen molar-refractivity contribution in [2.75, 3.05) is 19.0 Å². The van der Waals surface area contributed by atoms with Crippen LogP contribution >= 0.6 is 15.9 Å². The van der Waals surface area contributed by atoms with E-state index in [1.807, 2.05) is 19.1 Å². The number of allylic oxidation sites excluding steroid dienone is 1. The number of ether oxygens (including phenoxy) is 3. The number of halogens is 1. The number of carbonyl (C=O) groups is 1. The van der Waals surface area contributed by atoms with E-state index in [0.29, 0.717) is 41.2 Å². The molecule has 184 valence electrons. The first-order valence-corrected chi connectivity index (χ1v) is 12.6. The molecule has 0 bridgehead atoms. The third kappa shape index (κ3) is 5.21. The summed E-state index contributed by atoms with van der Waals surface area (Å²) in [5.74, 6) is 1.84. The second-order valence-corrected chi connectivity index (χ2v) is 10.1. The normalized spacial score (nSPS) is 18.5. The maximum atomic E-state index is 13.4. The molecular weight excluding hydrogens is 502 g/mol. The Morgan fingerprint density at radius 3 is 2.74 bits per heavy atom. The third-order valence-corrected chi connectivity index (χ3v) is 6.86. The summed E-state index contributed by atoms with van der Waals surface area (Å²) in [5.41, 5.74) is 1.93. The van der Waals surface area contributed by atoms with Gasteiger partial charge in [-0.1, -0.05) is 25.4 Å². The lowest BCUT2D eigenvalue weighted by atomic mass is 9.94. The first-order chi connectivity index (χ1) is 16.4. The van der Waals surface area contributed by atoms with Crippen molar-refractivity contribution in [2.45, 2.75) is 71.4 Å². The van der Waals surface area contributed by atoms with Crippen molar-refractivity contribution in [1.82, 2.24) is 20.2 Å². The van der Waals surface area contributed by atoms with Crippen molar-refractivity contribution < 1.29 is 19.0 Å². The second kappa shape index (κ2) is 10.8. The molecule has 2 heterocycles. The lowest BCUT2D eigenvalue weighted by molar-refractivity contribution is -0.146. The summed E-state index contributed by atoms with van der Waals surface area (Å²) in [6, 6.07) is 3.23. The van der Waals surface area contributed by atoms with Gasteiger partial charge in [-0.2, -0.15) is 4.68 Å². The summed E-state index contributed by atoms with van der Waals surface area (Å²) in [4.78, 5) is 13.4. The van der Waals surface area contributed by atoms with Gasteiger partial charge in [-0.05, 0) is 89.0 Å². The Hall–Kier alpha value is -2.62. The van der Waals surface area contributed by atoms with E-state index in [9.17, 15) is 4.79 Å². The summed E-state index contributed by atoms with van der Waals surface area (Å²) >= 11 is 3.64. The highest BCUT2D eigenvalue weighted by Crippen LogP contribution is 2.43. The van der Waals surface area contributed by atoms with Crippen molar-refractivity contribution in [1.29, 1.82) is 0 Å². The van der Waals surface area contributed by atoms with Crippen LogP contribution in [0.3, 0.4) is 0 Å². The average Bonchev–Trinajstić information content (AvgIpc) is 3.27. The minimum Gasteiger partial charge on any atom is -0.493 e. The van der Waals surface area contributed by atoms with Crippen LogP contribution in [0, 0.1) is 5.92 Å². The molecule has 2 aromatic rings. The van der Waals surface area contributed by atoms with Gasteiger partial charge in [-0.3, -0.25) is 0 Å². The van der Waals surface area contributed by atoms with Crippen molar-refractivity contribution in [3.05, 3.63) is 33.4 Å². The number of fused-ring (bicyclic) bond motifs is 1. The molecule has 1 saturated carbocycles. The number of aromatic nitrogens is 4. The summed E-state index contributed by atoms with van der Waals surface area (Å²) in [6.07, 6.45) is 6.01. The number of methoxy groups -OCH3 is 1. The summed E-state index contributed by atoms with van der Waals surface area (Å²) in [7, 11) is 1.60. The summed E-state index contributed by atoms with van der Waals surface area (Å²) < 4.78 is 20.0. The molecule has 1 unspecified atom stereocenters. The van der Waals surface area contributed by atoms with E-state index in [1.165, 1.54) is 6.42 Å². The molecule has 0 radical (unpaired) electrons. The van der Waals surface area contributed by atoms with Crippen LogP contribution < -0.4 is 14.8 Å². The average molecular weight is 534 g/mol. The van der Waals surface area contributed by atoms with Gasteiger partial charge >= 0.3 is 5.97 Å². The van der Waals surface area contributed by atoms with E-state index < -0.39 is 6.04 Å². The van der Waals surface area contributed by atoms with Gasteiger partial charge in [-0.15, -0.1) is 0 Å². The Kier molecular flexibility index (Phi) is 7.75. The van der Waals surface area contributed by atoms with Crippen LogP contribution in [0.1, 0.15) is 70.9 Å². The molecule has 1 aromatic heterocycles.